The maximum absolute atomic E-state index is 11.8. The Labute approximate surface area is 110 Å². The fourth-order valence-corrected chi connectivity index (χ4v) is 1.70. The zero-order valence-corrected chi connectivity index (χ0v) is 10.3. The third-order valence-corrected chi connectivity index (χ3v) is 2.72. The Bertz CT molecular complexity index is 607. The predicted molar refractivity (Wildman–Crippen MR) is 72.8 cm³/mol. The molecule has 0 fully saturated rings. The molecule has 5 heteroatoms. The van der Waals surface area contributed by atoms with Crippen molar-refractivity contribution in [2.75, 3.05) is 6.54 Å². The first-order valence-electron chi connectivity index (χ1n) is 5.95. The summed E-state index contributed by atoms with van der Waals surface area (Å²) in [7, 11) is 0. The van der Waals surface area contributed by atoms with Crippen LogP contribution >= 0.6 is 0 Å². The van der Waals surface area contributed by atoms with E-state index in [0.717, 1.165) is 5.56 Å². The van der Waals surface area contributed by atoms with Crippen molar-refractivity contribution in [3.63, 3.8) is 0 Å². The number of hydrogen-bond acceptors (Lipinski definition) is 3. The first-order chi connectivity index (χ1) is 9.16. The normalized spacial score (nSPS) is 11.8. The first-order valence-corrected chi connectivity index (χ1v) is 5.95. The SMILES string of the molecule is NC(CNC(=O)c1cccc(=O)[nH]1)c1ccccc1. The van der Waals surface area contributed by atoms with Crippen molar-refractivity contribution in [1.82, 2.24) is 10.3 Å². The lowest BCUT2D eigenvalue weighted by molar-refractivity contribution is 0.0946. The molecule has 0 saturated carbocycles. The van der Waals surface area contributed by atoms with Crippen LogP contribution < -0.4 is 16.6 Å². The Balaban J connectivity index is 1.96. The number of aromatic nitrogens is 1. The van der Waals surface area contributed by atoms with Crippen LogP contribution in [0.15, 0.2) is 53.3 Å². The van der Waals surface area contributed by atoms with Crippen molar-refractivity contribution in [3.8, 4) is 0 Å². The second-order valence-electron chi connectivity index (χ2n) is 4.16. The molecule has 1 heterocycles. The van der Waals surface area contributed by atoms with E-state index in [-0.39, 0.29) is 23.2 Å². The molecule has 19 heavy (non-hydrogen) atoms. The van der Waals surface area contributed by atoms with Crippen LogP contribution in [0.3, 0.4) is 0 Å². The molecular formula is C14H15N3O2. The molecule has 1 amide bonds. The van der Waals surface area contributed by atoms with Crippen molar-refractivity contribution < 1.29 is 4.79 Å². The fourth-order valence-electron chi connectivity index (χ4n) is 1.70. The van der Waals surface area contributed by atoms with E-state index in [1.807, 2.05) is 30.3 Å². The van der Waals surface area contributed by atoms with Gasteiger partial charge in [-0.25, -0.2) is 0 Å². The van der Waals surface area contributed by atoms with E-state index >= 15 is 0 Å². The van der Waals surface area contributed by atoms with Gasteiger partial charge in [0.15, 0.2) is 0 Å². The van der Waals surface area contributed by atoms with Crippen LogP contribution in [0, 0.1) is 0 Å². The summed E-state index contributed by atoms with van der Waals surface area (Å²) < 4.78 is 0. The topological polar surface area (TPSA) is 88.0 Å². The van der Waals surface area contributed by atoms with Gasteiger partial charge in [-0.3, -0.25) is 9.59 Å². The van der Waals surface area contributed by atoms with E-state index in [4.69, 9.17) is 5.73 Å². The van der Waals surface area contributed by atoms with Gasteiger partial charge < -0.3 is 16.0 Å². The minimum Gasteiger partial charge on any atom is -0.349 e. The lowest BCUT2D eigenvalue weighted by Gasteiger charge is -2.12. The Hall–Kier alpha value is -2.40. The molecular weight excluding hydrogens is 242 g/mol. The summed E-state index contributed by atoms with van der Waals surface area (Å²) in [4.78, 5) is 25.4. The van der Waals surface area contributed by atoms with Crippen LogP contribution in [-0.4, -0.2) is 17.4 Å². The van der Waals surface area contributed by atoms with Gasteiger partial charge >= 0.3 is 0 Å². The summed E-state index contributed by atoms with van der Waals surface area (Å²) in [5, 5.41) is 2.69. The molecule has 0 spiro atoms. The zero-order chi connectivity index (χ0) is 13.7. The highest BCUT2D eigenvalue weighted by Gasteiger charge is 2.09. The highest BCUT2D eigenvalue weighted by molar-refractivity contribution is 5.92. The van der Waals surface area contributed by atoms with E-state index < -0.39 is 0 Å². The Morgan fingerprint density at radius 3 is 2.58 bits per heavy atom. The number of nitrogens with two attached hydrogens (primary N) is 1. The largest absolute Gasteiger partial charge is 0.349 e. The number of aromatic amines is 1. The summed E-state index contributed by atoms with van der Waals surface area (Å²) in [6, 6.07) is 13.7. The van der Waals surface area contributed by atoms with Crippen molar-refractivity contribution >= 4 is 5.91 Å². The molecule has 0 aliphatic heterocycles. The van der Waals surface area contributed by atoms with Gasteiger partial charge in [0.1, 0.15) is 5.69 Å². The molecule has 5 nitrogen and oxygen atoms in total. The number of nitrogens with one attached hydrogen (secondary N) is 2. The lowest BCUT2D eigenvalue weighted by Crippen LogP contribution is -2.33. The molecule has 4 N–H and O–H groups in total. The fraction of sp³-hybridized carbons (Fsp3) is 0.143. The van der Waals surface area contributed by atoms with E-state index in [1.54, 1.807) is 6.07 Å². The minimum atomic E-state index is -0.343. The second kappa shape index (κ2) is 5.97. The van der Waals surface area contributed by atoms with Crippen molar-refractivity contribution in [2.24, 2.45) is 5.73 Å². The highest BCUT2D eigenvalue weighted by atomic mass is 16.2. The molecule has 1 aromatic heterocycles. The van der Waals surface area contributed by atoms with Crippen LogP contribution in [0.2, 0.25) is 0 Å². The molecule has 1 unspecified atom stereocenters. The third-order valence-electron chi connectivity index (χ3n) is 2.72. The average molecular weight is 257 g/mol. The molecule has 0 bridgehead atoms. The molecule has 0 radical (unpaired) electrons. The molecule has 2 aromatic rings. The third kappa shape index (κ3) is 3.53. The summed E-state index contributed by atoms with van der Waals surface area (Å²) >= 11 is 0. The van der Waals surface area contributed by atoms with Crippen LogP contribution in [-0.2, 0) is 0 Å². The van der Waals surface area contributed by atoms with E-state index in [9.17, 15) is 9.59 Å². The Morgan fingerprint density at radius 1 is 1.16 bits per heavy atom. The van der Waals surface area contributed by atoms with Crippen LogP contribution in [0.25, 0.3) is 0 Å². The molecule has 1 aromatic carbocycles. The number of H-pyrrole nitrogens is 1. The van der Waals surface area contributed by atoms with Crippen LogP contribution in [0.4, 0.5) is 0 Å². The summed E-state index contributed by atoms with van der Waals surface area (Å²) in [6.45, 7) is 0.305. The zero-order valence-electron chi connectivity index (χ0n) is 10.3. The van der Waals surface area contributed by atoms with Gasteiger partial charge in [0.25, 0.3) is 5.91 Å². The number of pyridine rings is 1. The number of hydrogen-bond donors (Lipinski definition) is 3. The summed E-state index contributed by atoms with van der Waals surface area (Å²) in [5.74, 6) is -0.343. The van der Waals surface area contributed by atoms with Gasteiger partial charge in [-0.2, -0.15) is 0 Å². The first kappa shape index (κ1) is 13.0. The van der Waals surface area contributed by atoms with E-state index in [2.05, 4.69) is 10.3 Å². The van der Waals surface area contributed by atoms with Gasteiger partial charge in [0.2, 0.25) is 5.56 Å². The quantitative estimate of drug-likeness (QED) is 0.757. The van der Waals surface area contributed by atoms with Gasteiger partial charge in [-0.1, -0.05) is 36.4 Å². The Kier molecular flexibility index (Phi) is 4.10. The lowest BCUT2D eigenvalue weighted by atomic mass is 10.1. The van der Waals surface area contributed by atoms with Crippen molar-refractivity contribution in [3.05, 3.63) is 70.1 Å². The maximum atomic E-state index is 11.8. The average Bonchev–Trinajstić information content (AvgIpc) is 2.45. The second-order valence-corrected chi connectivity index (χ2v) is 4.16. The molecule has 0 aliphatic carbocycles. The molecule has 0 aliphatic rings. The smallest absolute Gasteiger partial charge is 0.267 e. The molecule has 2 rings (SSSR count). The number of carbonyl (C=O) groups excluding carboxylic acids is 1. The molecule has 1 atom stereocenters. The van der Waals surface area contributed by atoms with Crippen LogP contribution in [0.1, 0.15) is 22.1 Å². The predicted octanol–water partition coefficient (Wildman–Crippen LogP) is 0.805. The van der Waals surface area contributed by atoms with Crippen molar-refractivity contribution in [1.29, 1.82) is 0 Å². The maximum Gasteiger partial charge on any atom is 0.267 e. The standard InChI is InChI=1S/C14H15N3O2/c15-11(10-5-2-1-3-6-10)9-16-14(19)12-7-4-8-13(18)17-12/h1-8,11H,9,15H2,(H,16,19)(H,17,18). The van der Waals surface area contributed by atoms with Crippen LogP contribution in [0.5, 0.6) is 0 Å². The summed E-state index contributed by atoms with van der Waals surface area (Å²) in [5.41, 5.74) is 6.84. The van der Waals surface area contributed by atoms with E-state index in [1.165, 1.54) is 12.1 Å². The number of benzene rings is 1. The summed E-state index contributed by atoms with van der Waals surface area (Å²) in [6.07, 6.45) is 0. The minimum absolute atomic E-state index is 0.229. The molecule has 0 saturated heterocycles. The van der Waals surface area contributed by atoms with Gasteiger partial charge in [-0.15, -0.1) is 0 Å². The van der Waals surface area contributed by atoms with Gasteiger partial charge in [0.05, 0.1) is 0 Å². The highest BCUT2D eigenvalue weighted by Crippen LogP contribution is 2.07. The number of amides is 1. The van der Waals surface area contributed by atoms with Crippen molar-refractivity contribution in [2.45, 2.75) is 6.04 Å². The number of carbonyl (C=O) groups is 1. The van der Waals surface area contributed by atoms with Gasteiger partial charge in [-0.05, 0) is 11.6 Å². The Morgan fingerprint density at radius 2 is 1.89 bits per heavy atom. The van der Waals surface area contributed by atoms with E-state index in [0.29, 0.717) is 6.54 Å². The number of rotatable bonds is 4. The molecule has 98 valence electrons. The monoisotopic (exact) mass is 257 g/mol. The van der Waals surface area contributed by atoms with Gasteiger partial charge in [0, 0.05) is 18.7 Å².